The van der Waals surface area contributed by atoms with E-state index in [1.54, 1.807) is 17.8 Å². The van der Waals surface area contributed by atoms with Crippen molar-refractivity contribution in [2.45, 2.75) is 23.3 Å². The minimum absolute atomic E-state index is 0. The lowest BCUT2D eigenvalue weighted by atomic mass is 9.95. The molecule has 2 aliphatic heterocycles. The molecule has 0 saturated carbocycles. The van der Waals surface area contributed by atoms with Gasteiger partial charge in [0, 0.05) is 47.7 Å². The molecule has 3 N–H and O–H groups in total. The van der Waals surface area contributed by atoms with Gasteiger partial charge < -0.3 is 16.0 Å². The molecule has 2 aliphatic rings. The third kappa shape index (κ3) is 4.13. The largest absolute Gasteiger partial charge is 0.336 e. The Morgan fingerprint density at radius 1 is 1.15 bits per heavy atom. The van der Waals surface area contributed by atoms with Gasteiger partial charge in [0.15, 0.2) is 0 Å². The van der Waals surface area contributed by atoms with E-state index in [1.165, 1.54) is 5.56 Å². The Bertz CT molecular complexity index is 846. The van der Waals surface area contributed by atoms with Crippen LogP contribution in [0.2, 0.25) is 0 Å². The van der Waals surface area contributed by atoms with Crippen molar-refractivity contribution in [1.82, 2.24) is 4.90 Å². The zero-order chi connectivity index (χ0) is 18.1. The molecule has 0 aromatic heterocycles. The first kappa shape index (κ1) is 19.7. The van der Waals surface area contributed by atoms with Crippen LogP contribution >= 0.6 is 24.2 Å². The molecule has 27 heavy (non-hydrogen) atoms. The molecule has 2 aromatic carbocycles. The Hall–Kier alpha value is -2.02. The van der Waals surface area contributed by atoms with E-state index >= 15 is 0 Å². The molecule has 0 radical (unpaired) electrons. The van der Waals surface area contributed by atoms with Gasteiger partial charge in [-0.25, -0.2) is 0 Å². The fourth-order valence-corrected chi connectivity index (χ4v) is 4.52. The summed E-state index contributed by atoms with van der Waals surface area (Å²) in [6, 6.07) is 15.6. The number of halogens is 1. The Morgan fingerprint density at radius 2 is 1.93 bits per heavy atom. The van der Waals surface area contributed by atoms with Crippen LogP contribution < -0.4 is 11.1 Å². The number of nitrogens with zero attached hydrogens (tertiary/aromatic N) is 1. The summed E-state index contributed by atoms with van der Waals surface area (Å²) in [5.41, 5.74) is 8.80. The van der Waals surface area contributed by atoms with Gasteiger partial charge in [0.25, 0.3) is 5.91 Å². The summed E-state index contributed by atoms with van der Waals surface area (Å²) in [6.45, 7) is 1.15. The second-order valence-electron chi connectivity index (χ2n) is 6.75. The number of hydrogen-bond acceptors (Lipinski definition) is 4. The number of hydrogen-bond donors (Lipinski definition) is 2. The number of rotatable bonds is 2. The molecule has 142 valence electrons. The lowest BCUT2D eigenvalue weighted by Crippen LogP contribution is -2.32. The van der Waals surface area contributed by atoms with Crippen LogP contribution in [0, 0.1) is 0 Å². The van der Waals surface area contributed by atoms with Gasteiger partial charge in [-0.15, -0.1) is 24.2 Å². The third-order valence-corrected chi connectivity index (χ3v) is 6.04. The van der Waals surface area contributed by atoms with Crippen LogP contribution in [-0.4, -0.2) is 41.6 Å². The van der Waals surface area contributed by atoms with E-state index in [-0.39, 0.29) is 36.2 Å². The standard InChI is InChI=1S/C20H21N3O2S.ClH/c21-16-12-23(11-15(16)13-4-2-1-3-5-13)20(25)14-6-7-18-17(10-14)22-19(24)8-9-26-18;/h1-7,10,15-16H,8-9,11-12,21H2,(H,22,24);1H/t15-,16+;/m0./s1. The Balaban J connectivity index is 0.00000210. The van der Waals surface area contributed by atoms with Crippen molar-refractivity contribution in [3.8, 4) is 0 Å². The molecule has 1 fully saturated rings. The zero-order valence-corrected chi connectivity index (χ0v) is 16.4. The zero-order valence-electron chi connectivity index (χ0n) is 14.8. The summed E-state index contributed by atoms with van der Waals surface area (Å²) >= 11 is 1.64. The van der Waals surface area contributed by atoms with Gasteiger partial charge in [-0.1, -0.05) is 30.3 Å². The minimum atomic E-state index is -0.0718. The molecule has 2 heterocycles. The normalized spacial score (nSPS) is 21.7. The highest BCUT2D eigenvalue weighted by atomic mass is 35.5. The van der Waals surface area contributed by atoms with Gasteiger partial charge in [0.1, 0.15) is 0 Å². The van der Waals surface area contributed by atoms with Crippen LogP contribution in [0.1, 0.15) is 28.3 Å². The molecule has 0 spiro atoms. The molecule has 5 nitrogen and oxygen atoms in total. The van der Waals surface area contributed by atoms with E-state index in [2.05, 4.69) is 17.4 Å². The quantitative estimate of drug-likeness (QED) is 0.807. The number of benzene rings is 2. The summed E-state index contributed by atoms with van der Waals surface area (Å²) in [6.07, 6.45) is 0.488. The maximum atomic E-state index is 13.0. The van der Waals surface area contributed by atoms with E-state index < -0.39 is 0 Å². The summed E-state index contributed by atoms with van der Waals surface area (Å²) in [4.78, 5) is 27.6. The van der Waals surface area contributed by atoms with Gasteiger partial charge >= 0.3 is 0 Å². The molecule has 0 unspecified atom stereocenters. The molecule has 0 bridgehead atoms. The van der Waals surface area contributed by atoms with E-state index in [1.807, 2.05) is 35.2 Å². The van der Waals surface area contributed by atoms with Crippen molar-refractivity contribution >= 4 is 41.7 Å². The third-order valence-electron chi connectivity index (χ3n) is 4.97. The second kappa shape index (κ2) is 8.33. The van der Waals surface area contributed by atoms with Gasteiger partial charge in [0.2, 0.25) is 5.91 Å². The fraction of sp³-hybridized carbons (Fsp3) is 0.300. The molecule has 2 atom stereocenters. The number of nitrogens with one attached hydrogen (secondary N) is 1. The topological polar surface area (TPSA) is 75.4 Å². The minimum Gasteiger partial charge on any atom is -0.336 e. The van der Waals surface area contributed by atoms with Crippen LogP contribution in [0.4, 0.5) is 5.69 Å². The average molecular weight is 404 g/mol. The predicted octanol–water partition coefficient (Wildman–Crippen LogP) is 3.11. The van der Waals surface area contributed by atoms with E-state index in [0.29, 0.717) is 25.1 Å². The number of anilines is 1. The Morgan fingerprint density at radius 3 is 2.70 bits per heavy atom. The monoisotopic (exact) mass is 403 g/mol. The predicted molar refractivity (Wildman–Crippen MR) is 111 cm³/mol. The van der Waals surface area contributed by atoms with Gasteiger partial charge in [0.05, 0.1) is 5.69 Å². The van der Waals surface area contributed by atoms with Crippen molar-refractivity contribution < 1.29 is 9.59 Å². The Labute approximate surface area is 169 Å². The first-order chi connectivity index (χ1) is 12.6. The van der Waals surface area contributed by atoms with Crippen LogP contribution in [0.15, 0.2) is 53.4 Å². The summed E-state index contributed by atoms with van der Waals surface area (Å²) < 4.78 is 0. The van der Waals surface area contributed by atoms with Crippen molar-refractivity contribution in [1.29, 1.82) is 0 Å². The molecule has 1 saturated heterocycles. The fourth-order valence-electron chi connectivity index (χ4n) is 3.58. The number of nitrogens with two attached hydrogens (primary N) is 1. The summed E-state index contributed by atoms with van der Waals surface area (Å²) in [5, 5.41) is 2.90. The number of amides is 2. The van der Waals surface area contributed by atoms with Gasteiger partial charge in [-0.2, -0.15) is 0 Å². The lowest BCUT2D eigenvalue weighted by Gasteiger charge is -2.17. The maximum Gasteiger partial charge on any atom is 0.254 e. The van der Waals surface area contributed by atoms with Crippen LogP contribution in [0.5, 0.6) is 0 Å². The van der Waals surface area contributed by atoms with E-state index in [0.717, 1.165) is 16.3 Å². The van der Waals surface area contributed by atoms with Crippen molar-refractivity contribution in [3.05, 3.63) is 59.7 Å². The average Bonchev–Trinajstić information content (AvgIpc) is 2.94. The number of carbonyl (C=O) groups excluding carboxylic acids is 2. The number of carbonyl (C=O) groups is 2. The molecule has 2 aromatic rings. The molecule has 0 aliphatic carbocycles. The lowest BCUT2D eigenvalue weighted by molar-refractivity contribution is -0.115. The van der Waals surface area contributed by atoms with Crippen LogP contribution in [0.3, 0.4) is 0 Å². The molecule has 4 rings (SSSR count). The molecule has 7 heteroatoms. The highest BCUT2D eigenvalue weighted by Crippen LogP contribution is 2.33. The molecular weight excluding hydrogens is 382 g/mol. The highest BCUT2D eigenvalue weighted by molar-refractivity contribution is 7.99. The van der Waals surface area contributed by atoms with E-state index in [9.17, 15) is 9.59 Å². The second-order valence-corrected chi connectivity index (χ2v) is 7.89. The summed E-state index contributed by atoms with van der Waals surface area (Å²) in [5.74, 6) is 0.862. The van der Waals surface area contributed by atoms with Crippen LogP contribution in [0.25, 0.3) is 0 Å². The SMILES string of the molecule is Cl.N[C@@H]1CN(C(=O)c2ccc3c(c2)NC(=O)CCS3)C[C@H]1c1ccccc1. The van der Waals surface area contributed by atoms with E-state index in [4.69, 9.17) is 5.73 Å². The first-order valence-corrected chi connectivity index (χ1v) is 9.77. The van der Waals surface area contributed by atoms with Crippen molar-refractivity contribution in [2.24, 2.45) is 5.73 Å². The maximum absolute atomic E-state index is 13.0. The van der Waals surface area contributed by atoms with Crippen molar-refractivity contribution in [2.75, 3.05) is 24.2 Å². The van der Waals surface area contributed by atoms with Gasteiger partial charge in [-0.3, -0.25) is 9.59 Å². The Kier molecular flexibility index (Phi) is 6.09. The van der Waals surface area contributed by atoms with Crippen molar-refractivity contribution in [3.63, 3.8) is 0 Å². The van der Waals surface area contributed by atoms with Gasteiger partial charge in [-0.05, 0) is 23.8 Å². The highest BCUT2D eigenvalue weighted by Gasteiger charge is 2.34. The number of fused-ring (bicyclic) bond motifs is 1. The molecule has 2 amide bonds. The van der Waals surface area contributed by atoms with Crippen LogP contribution in [-0.2, 0) is 4.79 Å². The number of thioether (sulfide) groups is 1. The number of likely N-dealkylation sites (tertiary alicyclic amines) is 1. The summed E-state index contributed by atoms with van der Waals surface area (Å²) in [7, 11) is 0. The molecular formula is C20H22ClN3O2S. The first-order valence-electron chi connectivity index (χ1n) is 8.78. The smallest absolute Gasteiger partial charge is 0.254 e.